The van der Waals surface area contributed by atoms with E-state index in [0.717, 1.165) is 18.0 Å². The molecular weight excluding hydrogens is 255 g/mol. The highest BCUT2D eigenvalue weighted by Gasteiger charge is 2.25. The molecule has 3 N–H and O–H groups in total. The van der Waals surface area contributed by atoms with Gasteiger partial charge in [-0.25, -0.2) is 0 Å². The first-order valence-electron chi connectivity index (χ1n) is 6.11. The Bertz CT molecular complexity index is 379. The van der Waals surface area contributed by atoms with Crippen molar-refractivity contribution in [3.63, 3.8) is 0 Å². The summed E-state index contributed by atoms with van der Waals surface area (Å²) in [5.41, 5.74) is 7.10. The second-order valence-corrected chi connectivity index (χ2v) is 5.60. The molecule has 1 unspecified atom stereocenters. The summed E-state index contributed by atoms with van der Waals surface area (Å²) in [6, 6.07) is 3.92. The number of nitrogens with one attached hydrogen (secondary N) is 1. The summed E-state index contributed by atoms with van der Waals surface area (Å²) in [5, 5.41) is 4.65. The van der Waals surface area contributed by atoms with Gasteiger partial charge in [-0.3, -0.25) is 0 Å². The minimum absolute atomic E-state index is 0.445. The third kappa shape index (κ3) is 3.43. The summed E-state index contributed by atoms with van der Waals surface area (Å²) in [6.45, 7) is 2.18. The van der Waals surface area contributed by atoms with E-state index in [4.69, 9.17) is 28.9 Å². The largest absolute Gasteiger partial charge is 0.399 e. The van der Waals surface area contributed by atoms with Crippen LogP contribution in [0, 0.1) is 5.92 Å². The molecule has 1 aromatic rings. The van der Waals surface area contributed by atoms with Crippen LogP contribution in [0.2, 0.25) is 10.0 Å². The Hall–Kier alpha value is -0.600. The van der Waals surface area contributed by atoms with Crippen LogP contribution in [0.15, 0.2) is 12.1 Å². The van der Waals surface area contributed by atoms with E-state index in [9.17, 15) is 0 Å². The minimum atomic E-state index is 0.445. The van der Waals surface area contributed by atoms with Crippen molar-refractivity contribution in [2.75, 3.05) is 11.1 Å². The highest BCUT2D eigenvalue weighted by molar-refractivity contribution is 6.39. The van der Waals surface area contributed by atoms with E-state index in [-0.39, 0.29) is 0 Å². The third-order valence-corrected chi connectivity index (χ3v) is 3.82. The standard InChI is InChI=1S/C13H18Cl2N2/c1-2-10(5-8-3-4-8)17-13-11(14)6-9(16)7-12(13)15/h6-8,10,17H,2-5,16H2,1H3. The number of hydrogen-bond donors (Lipinski definition) is 2. The van der Waals surface area contributed by atoms with Gasteiger partial charge in [-0.05, 0) is 30.9 Å². The molecule has 2 nitrogen and oxygen atoms in total. The van der Waals surface area contributed by atoms with Gasteiger partial charge >= 0.3 is 0 Å². The number of nitrogens with two attached hydrogens (primary N) is 1. The molecule has 0 radical (unpaired) electrons. The van der Waals surface area contributed by atoms with Crippen molar-refractivity contribution in [1.29, 1.82) is 0 Å². The van der Waals surface area contributed by atoms with Gasteiger partial charge in [-0.15, -0.1) is 0 Å². The van der Waals surface area contributed by atoms with E-state index in [1.807, 2.05) is 0 Å². The predicted octanol–water partition coefficient (Wildman–Crippen LogP) is 4.57. The molecule has 1 saturated carbocycles. The van der Waals surface area contributed by atoms with Crippen LogP contribution in [0.25, 0.3) is 0 Å². The van der Waals surface area contributed by atoms with Crippen molar-refractivity contribution in [3.05, 3.63) is 22.2 Å². The lowest BCUT2D eigenvalue weighted by Crippen LogP contribution is -2.19. The van der Waals surface area contributed by atoms with Crippen LogP contribution in [0.5, 0.6) is 0 Å². The Kier molecular flexibility index (Phi) is 4.05. The van der Waals surface area contributed by atoms with Crippen LogP contribution < -0.4 is 11.1 Å². The summed E-state index contributed by atoms with van der Waals surface area (Å²) in [5.74, 6) is 0.888. The van der Waals surface area contributed by atoms with Crippen molar-refractivity contribution in [2.24, 2.45) is 5.92 Å². The number of benzene rings is 1. The fraction of sp³-hybridized carbons (Fsp3) is 0.538. The lowest BCUT2D eigenvalue weighted by molar-refractivity contribution is 0.587. The first-order chi connectivity index (χ1) is 8.10. The lowest BCUT2D eigenvalue weighted by Gasteiger charge is -2.20. The molecule has 0 aromatic heterocycles. The van der Waals surface area contributed by atoms with Gasteiger partial charge in [0.05, 0.1) is 15.7 Å². The van der Waals surface area contributed by atoms with E-state index in [1.54, 1.807) is 12.1 Å². The van der Waals surface area contributed by atoms with Crippen molar-refractivity contribution in [2.45, 2.75) is 38.6 Å². The second-order valence-electron chi connectivity index (χ2n) is 4.79. The number of halogens is 2. The maximum atomic E-state index is 6.16. The molecule has 2 rings (SSSR count). The fourth-order valence-corrected chi connectivity index (χ4v) is 2.63. The zero-order valence-electron chi connectivity index (χ0n) is 9.97. The van der Waals surface area contributed by atoms with Crippen LogP contribution >= 0.6 is 23.2 Å². The van der Waals surface area contributed by atoms with E-state index in [0.29, 0.717) is 21.8 Å². The Morgan fingerprint density at radius 2 is 1.94 bits per heavy atom. The molecule has 1 aliphatic carbocycles. The van der Waals surface area contributed by atoms with Crippen molar-refractivity contribution < 1.29 is 0 Å². The first kappa shape index (κ1) is 12.8. The van der Waals surface area contributed by atoms with Crippen LogP contribution in [-0.4, -0.2) is 6.04 Å². The molecule has 0 amide bonds. The lowest BCUT2D eigenvalue weighted by atomic mass is 10.1. The van der Waals surface area contributed by atoms with Crippen LogP contribution in [0.1, 0.15) is 32.6 Å². The fourth-order valence-electron chi connectivity index (χ4n) is 2.02. The summed E-state index contributed by atoms with van der Waals surface area (Å²) in [4.78, 5) is 0. The van der Waals surface area contributed by atoms with Gasteiger partial charge in [-0.2, -0.15) is 0 Å². The zero-order chi connectivity index (χ0) is 12.4. The molecular formula is C13H18Cl2N2. The molecule has 1 aliphatic rings. The van der Waals surface area contributed by atoms with E-state index in [1.165, 1.54) is 19.3 Å². The molecule has 0 heterocycles. The van der Waals surface area contributed by atoms with Crippen LogP contribution in [0.4, 0.5) is 11.4 Å². The number of rotatable bonds is 5. The highest BCUT2D eigenvalue weighted by atomic mass is 35.5. The third-order valence-electron chi connectivity index (χ3n) is 3.22. The van der Waals surface area contributed by atoms with Crippen LogP contribution in [0.3, 0.4) is 0 Å². The average Bonchev–Trinajstić information content (AvgIpc) is 3.05. The molecule has 1 fully saturated rings. The van der Waals surface area contributed by atoms with E-state index >= 15 is 0 Å². The monoisotopic (exact) mass is 272 g/mol. The molecule has 0 bridgehead atoms. The van der Waals surface area contributed by atoms with Crippen molar-refractivity contribution in [1.82, 2.24) is 0 Å². The van der Waals surface area contributed by atoms with Crippen LogP contribution in [-0.2, 0) is 0 Å². The van der Waals surface area contributed by atoms with Gasteiger partial charge in [0.15, 0.2) is 0 Å². The van der Waals surface area contributed by atoms with Gasteiger partial charge in [0.1, 0.15) is 0 Å². The topological polar surface area (TPSA) is 38.0 Å². The Morgan fingerprint density at radius 3 is 2.41 bits per heavy atom. The molecule has 0 aliphatic heterocycles. The normalized spacial score (nSPS) is 16.9. The molecule has 1 atom stereocenters. The summed E-state index contributed by atoms with van der Waals surface area (Å²) in [7, 11) is 0. The average molecular weight is 273 g/mol. The van der Waals surface area contributed by atoms with Gasteiger partial charge < -0.3 is 11.1 Å². The number of anilines is 2. The Labute approximate surface area is 112 Å². The van der Waals surface area contributed by atoms with E-state index < -0.39 is 0 Å². The summed E-state index contributed by atoms with van der Waals surface area (Å²) in [6.07, 6.45) is 5.00. The van der Waals surface area contributed by atoms with Gasteiger partial charge in [0.25, 0.3) is 0 Å². The van der Waals surface area contributed by atoms with Gasteiger partial charge in [0.2, 0.25) is 0 Å². The molecule has 4 heteroatoms. The molecule has 1 aromatic carbocycles. The van der Waals surface area contributed by atoms with Crippen molar-refractivity contribution in [3.8, 4) is 0 Å². The zero-order valence-corrected chi connectivity index (χ0v) is 11.5. The molecule has 94 valence electrons. The Balaban J connectivity index is 2.10. The SMILES string of the molecule is CCC(CC1CC1)Nc1c(Cl)cc(N)cc1Cl. The van der Waals surface area contributed by atoms with Gasteiger partial charge in [0, 0.05) is 11.7 Å². The quantitative estimate of drug-likeness (QED) is 0.771. The maximum Gasteiger partial charge on any atom is 0.0722 e. The maximum absolute atomic E-state index is 6.16. The first-order valence-corrected chi connectivity index (χ1v) is 6.86. The smallest absolute Gasteiger partial charge is 0.0722 e. The second kappa shape index (κ2) is 5.36. The number of hydrogen-bond acceptors (Lipinski definition) is 2. The number of nitrogen functional groups attached to an aromatic ring is 1. The molecule has 0 spiro atoms. The predicted molar refractivity (Wildman–Crippen MR) is 75.9 cm³/mol. The minimum Gasteiger partial charge on any atom is -0.399 e. The molecule has 0 saturated heterocycles. The van der Waals surface area contributed by atoms with E-state index in [2.05, 4.69) is 12.2 Å². The summed E-state index contributed by atoms with van der Waals surface area (Å²) < 4.78 is 0. The van der Waals surface area contributed by atoms with Crippen molar-refractivity contribution >= 4 is 34.6 Å². The highest BCUT2D eigenvalue weighted by Crippen LogP contribution is 2.37. The summed E-state index contributed by atoms with van der Waals surface area (Å²) >= 11 is 12.3. The van der Waals surface area contributed by atoms with Gasteiger partial charge in [-0.1, -0.05) is 43.0 Å². The Morgan fingerprint density at radius 1 is 1.35 bits per heavy atom. The molecule has 17 heavy (non-hydrogen) atoms.